The van der Waals surface area contributed by atoms with Crippen molar-refractivity contribution in [3.63, 3.8) is 0 Å². The number of nitrogens with zero attached hydrogens (tertiary/aromatic N) is 2. The van der Waals surface area contributed by atoms with E-state index in [1.54, 1.807) is 40.3 Å². The summed E-state index contributed by atoms with van der Waals surface area (Å²) in [6.07, 6.45) is 0. The van der Waals surface area contributed by atoms with Gasteiger partial charge in [0.05, 0.1) is 17.9 Å². The van der Waals surface area contributed by atoms with Crippen molar-refractivity contribution in [1.29, 1.82) is 0 Å². The van der Waals surface area contributed by atoms with Crippen molar-refractivity contribution in [2.75, 3.05) is 47.4 Å². The van der Waals surface area contributed by atoms with Crippen molar-refractivity contribution in [3.05, 3.63) is 29.1 Å². The van der Waals surface area contributed by atoms with E-state index in [1.165, 1.54) is 4.90 Å². The summed E-state index contributed by atoms with van der Waals surface area (Å²) < 4.78 is 4.91. The number of aromatic nitrogens is 1. The Kier molecular flexibility index (Phi) is 10.1. The molecule has 130 valence electrons. The number of carbonyl (C=O) groups excluding carboxylic acids is 2. The van der Waals surface area contributed by atoms with Gasteiger partial charge in [-0.2, -0.15) is 0 Å². The number of aryl methyl sites for hydroxylation is 1. The van der Waals surface area contributed by atoms with Gasteiger partial charge in [-0.15, -0.1) is 12.4 Å². The van der Waals surface area contributed by atoms with Gasteiger partial charge in [-0.3, -0.25) is 9.59 Å². The summed E-state index contributed by atoms with van der Waals surface area (Å²) in [4.78, 5) is 29.5. The van der Waals surface area contributed by atoms with Crippen LogP contribution in [-0.4, -0.2) is 69.1 Å². The Morgan fingerprint density at radius 2 is 1.91 bits per heavy atom. The van der Waals surface area contributed by atoms with Crippen molar-refractivity contribution in [2.45, 2.75) is 6.92 Å². The van der Waals surface area contributed by atoms with Crippen molar-refractivity contribution in [2.24, 2.45) is 0 Å². The second kappa shape index (κ2) is 10.9. The molecule has 1 heterocycles. The molecule has 0 fully saturated rings. The molecule has 0 aliphatic rings. The van der Waals surface area contributed by atoms with Crippen LogP contribution >= 0.6 is 12.4 Å². The van der Waals surface area contributed by atoms with Gasteiger partial charge >= 0.3 is 0 Å². The number of carbonyl (C=O) groups is 2. The second-order valence-electron chi connectivity index (χ2n) is 5.03. The number of hydrogen-bond donors (Lipinski definition) is 2. The molecule has 1 aromatic heterocycles. The maximum absolute atomic E-state index is 12.1. The molecule has 7 nitrogen and oxygen atoms in total. The van der Waals surface area contributed by atoms with Gasteiger partial charge in [-0.05, 0) is 19.1 Å². The summed E-state index contributed by atoms with van der Waals surface area (Å²) in [5, 5.41) is 5.95. The number of nitrogens with one attached hydrogen (secondary N) is 2. The number of methoxy groups -OCH3 is 1. The number of halogens is 1. The minimum absolute atomic E-state index is 0. The predicted octanol–water partition coefficient (Wildman–Crippen LogP) is 0.479. The van der Waals surface area contributed by atoms with E-state index in [-0.39, 0.29) is 24.2 Å². The van der Waals surface area contributed by atoms with Gasteiger partial charge in [0.1, 0.15) is 5.69 Å². The van der Waals surface area contributed by atoms with Crippen molar-refractivity contribution < 1.29 is 14.3 Å². The molecule has 0 unspecified atom stereocenters. The Morgan fingerprint density at radius 3 is 2.48 bits per heavy atom. The van der Waals surface area contributed by atoms with Crippen LogP contribution in [-0.2, 0) is 4.74 Å². The lowest BCUT2D eigenvalue weighted by Gasteiger charge is -2.12. The highest BCUT2D eigenvalue weighted by atomic mass is 35.5. The summed E-state index contributed by atoms with van der Waals surface area (Å²) in [7, 11) is 4.97. The highest BCUT2D eigenvalue weighted by Crippen LogP contribution is 2.08. The Balaban J connectivity index is 0.00000484. The monoisotopic (exact) mass is 344 g/mol. The number of pyridine rings is 1. The smallest absolute Gasteiger partial charge is 0.271 e. The fourth-order valence-electron chi connectivity index (χ4n) is 1.81. The van der Waals surface area contributed by atoms with E-state index in [1.807, 2.05) is 0 Å². The van der Waals surface area contributed by atoms with Crippen LogP contribution in [0.25, 0.3) is 0 Å². The lowest BCUT2D eigenvalue weighted by atomic mass is 10.1. The largest absolute Gasteiger partial charge is 0.383 e. The standard InChI is InChI=1S/C15H24N4O3.ClH/c1-11-12(5-6-13(18-11)15(21)19(2)3)14(20)17-8-7-16-9-10-22-4;/h5-6,16H,7-10H2,1-4H3,(H,17,20);1H. The first-order valence-corrected chi connectivity index (χ1v) is 7.14. The first-order valence-electron chi connectivity index (χ1n) is 7.14. The molecule has 0 bridgehead atoms. The van der Waals surface area contributed by atoms with Gasteiger partial charge < -0.3 is 20.3 Å². The van der Waals surface area contributed by atoms with Gasteiger partial charge in [0.25, 0.3) is 11.8 Å². The third kappa shape index (κ3) is 6.94. The summed E-state index contributed by atoms with van der Waals surface area (Å²) >= 11 is 0. The van der Waals surface area contributed by atoms with Crippen LogP contribution in [0.1, 0.15) is 26.5 Å². The lowest BCUT2D eigenvalue weighted by molar-refractivity contribution is 0.0820. The number of hydrogen-bond acceptors (Lipinski definition) is 5. The Morgan fingerprint density at radius 1 is 1.22 bits per heavy atom. The van der Waals surface area contributed by atoms with Crippen LogP contribution in [0.5, 0.6) is 0 Å². The van der Waals surface area contributed by atoms with Crippen molar-refractivity contribution >= 4 is 24.2 Å². The Bertz CT molecular complexity index is 523. The molecule has 0 aliphatic heterocycles. The molecule has 0 aromatic carbocycles. The molecule has 0 aliphatic carbocycles. The van der Waals surface area contributed by atoms with Gasteiger partial charge in [-0.25, -0.2) is 4.98 Å². The maximum atomic E-state index is 12.1. The fraction of sp³-hybridized carbons (Fsp3) is 0.533. The molecule has 1 aromatic rings. The van der Waals surface area contributed by atoms with E-state index in [0.29, 0.717) is 36.6 Å². The zero-order valence-corrected chi connectivity index (χ0v) is 14.8. The highest BCUT2D eigenvalue weighted by Gasteiger charge is 2.14. The Labute approximate surface area is 143 Å². The predicted molar refractivity (Wildman–Crippen MR) is 91.3 cm³/mol. The summed E-state index contributed by atoms with van der Waals surface area (Å²) in [6.45, 7) is 4.28. The number of ether oxygens (including phenoxy) is 1. The molecule has 1 rings (SSSR count). The normalized spacial score (nSPS) is 9.91. The van der Waals surface area contributed by atoms with E-state index < -0.39 is 0 Å². The van der Waals surface area contributed by atoms with E-state index in [2.05, 4.69) is 15.6 Å². The minimum atomic E-state index is -0.192. The first kappa shape index (κ1) is 21.3. The van der Waals surface area contributed by atoms with Crippen LogP contribution < -0.4 is 10.6 Å². The minimum Gasteiger partial charge on any atom is -0.383 e. The SMILES string of the molecule is COCCNCCNC(=O)c1ccc(C(=O)N(C)C)nc1C.Cl. The van der Waals surface area contributed by atoms with E-state index in [4.69, 9.17) is 4.74 Å². The van der Waals surface area contributed by atoms with Gasteiger partial charge in [0.15, 0.2) is 0 Å². The van der Waals surface area contributed by atoms with Crippen molar-refractivity contribution in [3.8, 4) is 0 Å². The number of rotatable bonds is 8. The number of amides is 2. The Hall–Kier alpha value is -1.70. The molecular weight excluding hydrogens is 320 g/mol. The average Bonchev–Trinajstić information content (AvgIpc) is 2.49. The van der Waals surface area contributed by atoms with Crippen LogP contribution in [0.3, 0.4) is 0 Å². The maximum Gasteiger partial charge on any atom is 0.271 e. The van der Waals surface area contributed by atoms with Crippen molar-refractivity contribution in [1.82, 2.24) is 20.5 Å². The van der Waals surface area contributed by atoms with Gasteiger partial charge in [0.2, 0.25) is 0 Å². The van der Waals surface area contributed by atoms with E-state index >= 15 is 0 Å². The lowest BCUT2D eigenvalue weighted by Crippen LogP contribution is -2.33. The topological polar surface area (TPSA) is 83.6 Å². The summed E-state index contributed by atoms with van der Waals surface area (Å²) in [6, 6.07) is 3.20. The fourth-order valence-corrected chi connectivity index (χ4v) is 1.81. The third-order valence-electron chi connectivity index (χ3n) is 3.03. The molecule has 8 heteroatoms. The summed E-state index contributed by atoms with van der Waals surface area (Å²) in [5.74, 6) is -0.375. The molecule has 0 atom stereocenters. The van der Waals surface area contributed by atoms with Crippen LogP contribution in [0.4, 0.5) is 0 Å². The molecule has 2 N–H and O–H groups in total. The van der Waals surface area contributed by atoms with Gasteiger partial charge in [0, 0.05) is 40.8 Å². The van der Waals surface area contributed by atoms with Crippen LogP contribution in [0.15, 0.2) is 12.1 Å². The van der Waals surface area contributed by atoms with Crippen LogP contribution in [0, 0.1) is 6.92 Å². The molecule has 0 saturated heterocycles. The molecule has 0 spiro atoms. The van der Waals surface area contributed by atoms with Crippen LogP contribution in [0.2, 0.25) is 0 Å². The van der Waals surface area contributed by atoms with E-state index in [0.717, 1.165) is 6.54 Å². The van der Waals surface area contributed by atoms with E-state index in [9.17, 15) is 9.59 Å². The average molecular weight is 345 g/mol. The summed E-state index contributed by atoms with van der Waals surface area (Å²) in [5.41, 5.74) is 1.35. The quantitative estimate of drug-likeness (QED) is 0.670. The zero-order valence-electron chi connectivity index (χ0n) is 14.0. The first-order chi connectivity index (χ1) is 10.5. The molecule has 2 amide bonds. The molecule has 0 radical (unpaired) electrons. The highest BCUT2D eigenvalue weighted by molar-refractivity contribution is 5.97. The molecular formula is C15H25ClN4O3. The zero-order chi connectivity index (χ0) is 16.5. The molecule has 0 saturated carbocycles. The third-order valence-corrected chi connectivity index (χ3v) is 3.03. The van der Waals surface area contributed by atoms with Gasteiger partial charge in [-0.1, -0.05) is 0 Å². The molecule has 23 heavy (non-hydrogen) atoms. The second-order valence-corrected chi connectivity index (χ2v) is 5.03.